The number of nitrogens with one attached hydrogen (secondary N) is 2. The molecule has 5 nitrogen and oxygen atoms in total. The molecule has 0 saturated carbocycles. The van der Waals surface area contributed by atoms with Gasteiger partial charge in [0.1, 0.15) is 0 Å². The maximum atomic E-state index is 12.0. The van der Waals surface area contributed by atoms with Crippen LogP contribution in [0.25, 0.3) is 0 Å². The number of methoxy groups -OCH3 is 1. The van der Waals surface area contributed by atoms with Crippen molar-refractivity contribution < 1.29 is 9.53 Å². The molecular formula is C15H23N3O2. The first-order chi connectivity index (χ1) is 9.74. The summed E-state index contributed by atoms with van der Waals surface area (Å²) in [5.41, 5.74) is 1.01. The molecule has 2 rings (SSSR count). The SMILES string of the molecule is COCC1(CNC(=O)Cc2cccnc2)CCNCC1. The van der Waals surface area contributed by atoms with Crippen LogP contribution in [0.15, 0.2) is 24.5 Å². The lowest BCUT2D eigenvalue weighted by molar-refractivity contribution is -0.121. The molecule has 1 amide bonds. The summed E-state index contributed by atoms with van der Waals surface area (Å²) in [5, 5.41) is 6.40. The summed E-state index contributed by atoms with van der Waals surface area (Å²) >= 11 is 0. The molecule has 0 bridgehead atoms. The van der Waals surface area contributed by atoms with E-state index in [2.05, 4.69) is 15.6 Å². The van der Waals surface area contributed by atoms with Crippen LogP contribution in [0.3, 0.4) is 0 Å². The minimum absolute atomic E-state index is 0.0482. The summed E-state index contributed by atoms with van der Waals surface area (Å²) in [6, 6.07) is 3.77. The zero-order valence-electron chi connectivity index (χ0n) is 12.0. The fourth-order valence-corrected chi connectivity index (χ4v) is 2.67. The first kappa shape index (κ1) is 14.9. The summed E-state index contributed by atoms with van der Waals surface area (Å²) < 4.78 is 5.35. The molecule has 0 unspecified atom stereocenters. The monoisotopic (exact) mass is 277 g/mol. The Kier molecular flexibility index (Phi) is 5.49. The van der Waals surface area contributed by atoms with Crippen LogP contribution >= 0.6 is 0 Å². The summed E-state index contributed by atoms with van der Waals surface area (Å²) in [4.78, 5) is 16.0. The number of pyridine rings is 1. The Balaban J connectivity index is 1.84. The molecule has 0 spiro atoms. The van der Waals surface area contributed by atoms with Crippen LogP contribution in [0.5, 0.6) is 0 Å². The average molecular weight is 277 g/mol. The van der Waals surface area contributed by atoms with E-state index >= 15 is 0 Å². The van der Waals surface area contributed by atoms with Gasteiger partial charge in [0.25, 0.3) is 0 Å². The average Bonchev–Trinajstić information content (AvgIpc) is 2.48. The van der Waals surface area contributed by atoms with E-state index < -0.39 is 0 Å². The highest BCUT2D eigenvalue weighted by atomic mass is 16.5. The van der Waals surface area contributed by atoms with Gasteiger partial charge in [-0.2, -0.15) is 0 Å². The largest absolute Gasteiger partial charge is 0.384 e. The van der Waals surface area contributed by atoms with E-state index in [9.17, 15) is 4.79 Å². The molecule has 20 heavy (non-hydrogen) atoms. The van der Waals surface area contributed by atoms with Crippen molar-refractivity contribution in [3.8, 4) is 0 Å². The van der Waals surface area contributed by atoms with Crippen molar-refractivity contribution in [1.29, 1.82) is 0 Å². The van der Waals surface area contributed by atoms with Gasteiger partial charge in [-0.15, -0.1) is 0 Å². The number of ether oxygens (including phenoxy) is 1. The van der Waals surface area contributed by atoms with E-state index in [4.69, 9.17) is 4.74 Å². The van der Waals surface area contributed by atoms with Crippen LogP contribution in [-0.4, -0.2) is 44.2 Å². The highest BCUT2D eigenvalue weighted by molar-refractivity contribution is 5.78. The molecule has 1 saturated heterocycles. The highest BCUT2D eigenvalue weighted by Gasteiger charge is 2.32. The Labute approximate surface area is 120 Å². The van der Waals surface area contributed by atoms with Crippen molar-refractivity contribution in [1.82, 2.24) is 15.6 Å². The number of hydrogen-bond donors (Lipinski definition) is 2. The topological polar surface area (TPSA) is 63.2 Å². The maximum Gasteiger partial charge on any atom is 0.224 e. The van der Waals surface area contributed by atoms with Crippen LogP contribution in [0.1, 0.15) is 18.4 Å². The number of piperidine rings is 1. The van der Waals surface area contributed by atoms with Gasteiger partial charge in [0.15, 0.2) is 0 Å². The van der Waals surface area contributed by atoms with Crippen LogP contribution in [0.2, 0.25) is 0 Å². The molecule has 110 valence electrons. The molecule has 1 aromatic rings. The molecule has 1 aliphatic heterocycles. The summed E-state index contributed by atoms with van der Waals surface area (Å²) in [6.07, 6.45) is 5.90. The van der Waals surface area contributed by atoms with E-state index in [1.807, 2.05) is 12.1 Å². The van der Waals surface area contributed by atoms with Gasteiger partial charge >= 0.3 is 0 Å². The third kappa shape index (κ3) is 4.28. The second-order valence-electron chi connectivity index (χ2n) is 5.50. The maximum absolute atomic E-state index is 12.0. The van der Waals surface area contributed by atoms with Crippen molar-refractivity contribution in [3.05, 3.63) is 30.1 Å². The predicted molar refractivity (Wildman–Crippen MR) is 77.4 cm³/mol. The van der Waals surface area contributed by atoms with E-state index in [0.717, 1.165) is 31.5 Å². The molecule has 0 aromatic carbocycles. The Bertz CT molecular complexity index is 411. The van der Waals surface area contributed by atoms with Crippen molar-refractivity contribution >= 4 is 5.91 Å². The van der Waals surface area contributed by atoms with Crippen LogP contribution in [0.4, 0.5) is 0 Å². The van der Waals surface area contributed by atoms with Crippen LogP contribution in [-0.2, 0) is 16.0 Å². The molecule has 5 heteroatoms. The summed E-state index contributed by atoms with van der Waals surface area (Å²) in [6.45, 7) is 3.35. The first-order valence-corrected chi connectivity index (χ1v) is 7.09. The summed E-state index contributed by atoms with van der Waals surface area (Å²) in [7, 11) is 1.72. The highest BCUT2D eigenvalue weighted by Crippen LogP contribution is 2.28. The number of carbonyl (C=O) groups excluding carboxylic acids is 1. The lowest BCUT2D eigenvalue weighted by atomic mass is 9.79. The predicted octanol–water partition coefficient (Wildman–Crippen LogP) is 0.756. The number of nitrogens with zero attached hydrogens (tertiary/aromatic N) is 1. The lowest BCUT2D eigenvalue weighted by Crippen LogP contribution is -2.47. The van der Waals surface area contributed by atoms with E-state index in [0.29, 0.717) is 19.6 Å². The van der Waals surface area contributed by atoms with E-state index in [1.54, 1.807) is 19.5 Å². The fourth-order valence-electron chi connectivity index (χ4n) is 2.67. The fraction of sp³-hybridized carbons (Fsp3) is 0.600. The quantitative estimate of drug-likeness (QED) is 0.806. The van der Waals surface area contributed by atoms with Gasteiger partial charge in [0, 0.05) is 31.5 Å². The first-order valence-electron chi connectivity index (χ1n) is 7.09. The van der Waals surface area contributed by atoms with E-state index in [1.165, 1.54) is 0 Å². The van der Waals surface area contributed by atoms with Crippen molar-refractivity contribution in [3.63, 3.8) is 0 Å². The molecule has 2 heterocycles. The zero-order chi connectivity index (χ0) is 14.3. The number of rotatable bonds is 6. The van der Waals surface area contributed by atoms with Gasteiger partial charge in [0.2, 0.25) is 5.91 Å². The molecule has 2 N–H and O–H groups in total. The Morgan fingerprint density at radius 2 is 2.30 bits per heavy atom. The number of hydrogen-bond acceptors (Lipinski definition) is 4. The van der Waals surface area contributed by atoms with Gasteiger partial charge in [-0.3, -0.25) is 9.78 Å². The molecule has 0 atom stereocenters. The smallest absolute Gasteiger partial charge is 0.224 e. The molecule has 0 aliphatic carbocycles. The second kappa shape index (κ2) is 7.36. The third-order valence-electron chi connectivity index (χ3n) is 3.86. The minimum atomic E-state index is 0.0482. The third-order valence-corrected chi connectivity index (χ3v) is 3.86. The van der Waals surface area contributed by atoms with Gasteiger partial charge in [-0.1, -0.05) is 6.07 Å². The van der Waals surface area contributed by atoms with Gasteiger partial charge in [0.05, 0.1) is 13.0 Å². The molecule has 0 radical (unpaired) electrons. The van der Waals surface area contributed by atoms with Crippen molar-refractivity contribution in [2.45, 2.75) is 19.3 Å². The Hall–Kier alpha value is -1.46. The summed E-state index contributed by atoms with van der Waals surface area (Å²) in [5.74, 6) is 0.0482. The Morgan fingerprint density at radius 3 is 2.95 bits per heavy atom. The zero-order valence-corrected chi connectivity index (χ0v) is 12.0. The number of amides is 1. The lowest BCUT2D eigenvalue weighted by Gasteiger charge is -2.37. The Morgan fingerprint density at radius 1 is 1.50 bits per heavy atom. The minimum Gasteiger partial charge on any atom is -0.384 e. The van der Waals surface area contributed by atoms with Crippen molar-refractivity contribution in [2.24, 2.45) is 5.41 Å². The van der Waals surface area contributed by atoms with Gasteiger partial charge in [-0.05, 0) is 37.6 Å². The van der Waals surface area contributed by atoms with Crippen LogP contribution in [0, 0.1) is 5.41 Å². The molecular weight excluding hydrogens is 254 g/mol. The van der Waals surface area contributed by atoms with E-state index in [-0.39, 0.29) is 11.3 Å². The number of aromatic nitrogens is 1. The normalized spacial score (nSPS) is 17.6. The van der Waals surface area contributed by atoms with Crippen molar-refractivity contribution in [2.75, 3.05) is 33.4 Å². The number of carbonyl (C=O) groups is 1. The standard InChI is InChI=1S/C15H23N3O2/c1-20-12-15(4-7-16-8-5-15)11-18-14(19)9-13-3-2-6-17-10-13/h2-3,6,10,16H,4-5,7-9,11-12H2,1H3,(H,18,19). The van der Waals surface area contributed by atoms with Gasteiger partial charge < -0.3 is 15.4 Å². The molecule has 1 aliphatic rings. The van der Waals surface area contributed by atoms with Crippen LogP contribution < -0.4 is 10.6 Å². The molecule has 1 fully saturated rings. The molecule has 1 aromatic heterocycles. The van der Waals surface area contributed by atoms with Gasteiger partial charge in [-0.25, -0.2) is 0 Å². The second-order valence-corrected chi connectivity index (χ2v) is 5.50.